The van der Waals surface area contributed by atoms with Crippen LogP contribution in [0, 0.1) is 0 Å². The highest BCUT2D eigenvalue weighted by Crippen LogP contribution is 2.34. The molecule has 10 heteroatoms. The molecule has 2 aliphatic heterocycles. The highest BCUT2D eigenvalue weighted by Gasteiger charge is 2.38. The van der Waals surface area contributed by atoms with Gasteiger partial charge in [-0.05, 0) is 64.4 Å². The van der Waals surface area contributed by atoms with Crippen molar-refractivity contribution in [1.82, 2.24) is 25.3 Å². The maximum absolute atomic E-state index is 13.4. The first-order valence-corrected chi connectivity index (χ1v) is 14.0. The van der Waals surface area contributed by atoms with Crippen LogP contribution >= 0.6 is 0 Å². The lowest BCUT2D eigenvalue weighted by Crippen LogP contribution is -2.59. The summed E-state index contributed by atoms with van der Waals surface area (Å²) in [6, 6.07) is 15.6. The molecule has 0 unspecified atom stereocenters. The van der Waals surface area contributed by atoms with Gasteiger partial charge in [0, 0.05) is 50.5 Å². The van der Waals surface area contributed by atoms with E-state index in [1.165, 1.54) is 4.90 Å². The highest BCUT2D eigenvalue weighted by atomic mass is 16.5. The first-order valence-electron chi connectivity index (χ1n) is 14.0. The van der Waals surface area contributed by atoms with Gasteiger partial charge in [-0.3, -0.25) is 9.80 Å². The van der Waals surface area contributed by atoms with Crippen LogP contribution in [0.25, 0.3) is 0 Å². The average molecular weight is 564 g/mol. The van der Waals surface area contributed by atoms with E-state index in [2.05, 4.69) is 15.5 Å². The Bertz CT molecular complexity index is 1290. The van der Waals surface area contributed by atoms with Gasteiger partial charge >= 0.3 is 18.0 Å². The van der Waals surface area contributed by atoms with Crippen molar-refractivity contribution in [3.8, 4) is 11.5 Å². The van der Waals surface area contributed by atoms with Crippen molar-refractivity contribution in [3.05, 3.63) is 71.4 Å². The molecule has 1 fully saturated rings. The molecule has 2 N–H and O–H groups in total. The maximum atomic E-state index is 13.4. The van der Waals surface area contributed by atoms with Crippen LogP contribution in [0.15, 0.2) is 65.9 Å². The largest absolute Gasteiger partial charge is 0.463 e. The van der Waals surface area contributed by atoms with Crippen LogP contribution in [-0.2, 0) is 9.53 Å². The van der Waals surface area contributed by atoms with Crippen LogP contribution in [0.1, 0.15) is 46.2 Å². The van der Waals surface area contributed by atoms with Gasteiger partial charge in [0.05, 0.1) is 18.2 Å². The number of amides is 4. The summed E-state index contributed by atoms with van der Waals surface area (Å²) in [6.45, 7) is 11.9. The van der Waals surface area contributed by atoms with E-state index in [0.717, 1.165) is 0 Å². The molecule has 4 amide bonds. The molecule has 0 aromatic heterocycles. The first kappa shape index (κ1) is 29.9. The van der Waals surface area contributed by atoms with Gasteiger partial charge in [-0.25, -0.2) is 14.4 Å². The molecule has 0 aliphatic carbocycles. The zero-order valence-electron chi connectivity index (χ0n) is 24.8. The molecular weight excluding hydrogens is 522 g/mol. The van der Waals surface area contributed by atoms with Crippen molar-refractivity contribution in [1.29, 1.82) is 0 Å². The molecule has 220 valence electrons. The Hall–Kier alpha value is -4.05. The number of urea groups is 2. The molecule has 0 saturated carbocycles. The van der Waals surface area contributed by atoms with Crippen LogP contribution in [0.4, 0.5) is 9.59 Å². The molecule has 1 saturated heterocycles. The van der Waals surface area contributed by atoms with Crippen molar-refractivity contribution in [2.24, 2.45) is 0 Å². The van der Waals surface area contributed by atoms with Gasteiger partial charge in [-0.15, -0.1) is 0 Å². The minimum absolute atomic E-state index is 0.0527. The monoisotopic (exact) mass is 563 g/mol. The summed E-state index contributed by atoms with van der Waals surface area (Å²) < 4.78 is 11.5. The van der Waals surface area contributed by atoms with E-state index < -0.39 is 12.0 Å². The molecular formula is C31H41N5O5. The molecule has 2 heterocycles. The number of carbonyl (C=O) groups is 3. The average Bonchev–Trinajstić information content (AvgIpc) is 2.91. The SMILES string of the molecule is CCOC(=O)C1=C(CN2CCN(C(=O)NC(C)(C)C)[C@@H](C)C2)N(C)C(=O)N[C@H]1c1cccc(Oc2ccccc2)c1. The van der Waals surface area contributed by atoms with E-state index in [9.17, 15) is 14.4 Å². The number of carbonyl (C=O) groups excluding carboxylic acids is 3. The number of benzene rings is 2. The van der Waals surface area contributed by atoms with Crippen molar-refractivity contribution in [2.45, 2.75) is 52.2 Å². The lowest BCUT2D eigenvalue weighted by Gasteiger charge is -2.43. The summed E-state index contributed by atoms with van der Waals surface area (Å²) in [4.78, 5) is 44.9. The zero-order chi connectivity index (χ0) is 29.7. The minimum atomic E-state index is -0.719. The van der Waals surface area contributed by atoms with Gasteiger partial charge in [-0.1, -0.05) is 30.3 Å². The van der Waals surface area contributed by atoms with Crippen molar-refractivity contribution >= 4 is 18.0 Å². The smallest absolute Gasteiger partial charge is 0.338 e. The van der Waals surface area contributed by atoms with Gasteiger partial charge in [0.2, 0.25) is 0 Å². The number of esters is 1. The molecule has 2 aromatic carbocycles. The predicted octanol–water partition coefficient (Wildman–Crippen LogP) is 4.51. The van der Waals surface area contributed by atoms with Gasteiger partial charge in [0.15, 0.2) is 0 Å². The zero-order valence-corrected chi connectivity index (χ0v) is 24.8. The van der Waals surface area contributed by atoms with Gasteiger partial charge in [0.25, 0.3) is 0 Å². The molecule has 41 heavy (non-hydrogen) atoms. The maximum Gasteiger partial charge on any atom is 0.338 e. The third kappa shape index (κ3) is 7.38. The second-order valence-corrected chi connectivity index (χ2v) is 11.5. The summed E-state index contributed by atoms with van der Waals surface area (Å²) in [5.41, 5.74) is 1.33. The summed E-state index contributed by atoms with van der Waals surface area (Å²) in [7, 11) is 1.66. The lowest BCUT2D eigenvalue weighted by atomic mass is 9.94. The second-order valence-electron chi connectivity index (χ2n) is 11.5. The van der Waals surface area contributed by atoms with E-state index in [1.54, 1.807) is 14.0 Å². The molecule has 10 nitrogen and oxygen atoms in total. The summed E-state index contributed by atoms with van der Waals surface area (Å²) in [5.74, 6) is 0.790. The quantitative estimate of drug-likeness (QED) is 0.481. The standard InChI is InChI=1S/C31H41N5O5/c1-7-40-28(37)26-25(20-35-16-17-36(21(2)19-35)30(39)33-31(3,4)5)34(6)29(38)32-27(26)22-12-11-15-24(18-22)41-23-13-9-8-10-14-23/h8-15,18,21,27H,7,16-17,19-20H2,1-6H3,(H,32,38)(H,33,39)/t21-,27-/m0/s1. The number of piperazine rings is 1. The first-order chi connectivity index (χ1) is 19.5. The number of likely N-dealkylation sites (N-methyl/N-ethyl adjacent to an activating group) is 1. The van der Waals surface area contributed by atoms with Crippen molar-refractivity contribution < 1.29 is 23.9 Å². The number of hydrogen-bond acceptors (Lipinski definition) is 6. The van der Waals surface area contributed by atoms with Crippen LogP contribution in [0.3, 0.4) is 0 Å². The van der Waals surface area contributed by atoms with E-state index in [0.29, 0.717) is 54.5 Å². The fourth-order valence-electron chi connectivity index (χ4n) is 5.11. The van der Waals surface area contributed by atoms with Crippen LogP contribution in [0.2, 0.25) is 0 Å². The number of ether oxygens (including phenoxy) is 2. The van der Waals surface area contributed by atoms with Gasteiger partial charge in [0.1, 0.15) is 11.5 Å². The van der Waals surface area contributed by atoms with Gasteiger partial charge in [-0.2, -0.15) is 0 Å². The highest BCUT2D eigenvalue weighted by molar-refractivity contribution is 5.95. The van der Waals surface area contributed by atoms with Gasteiger partial charge < -0.3 is 25.0 Å². The topological polar surface area (TPSA) is 103 Å². The van der Waals surface area contributed by atoms with Crippen LogP contribution in [0.5, 0.6) is 11.5 Å². The van der Waals surface area contributed by atoms with Crippen LogP contribution < -0.4 is 15.4 Å². The Balaban J connectivity index is 1.62. The Kier molecular flexibility index (Phi) is 9.22. The van der Waals surface area contributed by atoms with E-state index in [-0.39, 0.29) is 30.2 Å². The Labute approximate surface area is 242 Å². The third-order valence-corrected chi connectivity index (χ3v) is 7.07. The predicted molar refractivity (Wildman–Crippen MR) is 157 cm³/mol. The molecule has 4 rings (SSSR count). The summed E-state index contributed by atoms with van der Waals surface area (Å²) in [6.07, 6.45) is 0. The fraction of sp³-hybridized carbons (Fsp3) is 0.452. The number of para-hydroxylation sites is 1. The number of hydrogen-bond donors (Lipinski definition) is 2. The van der Waals surface area contributed by atoms with E-state index in [4.69, 9.17) is 9.47 Å². The number of rotatable bonds is 7. The number of nitrogens with zero attached hydrogens (tertiary/aromatic N) is 3. The molecule has 2 aliphatic rings. The normalized spacial score (nSPS) is 20.0. The molecule has 2 aromatic rings. The lowest BCUT2D eigenvalue weighted by molar-refractivity contribution is -0.139. The summed E-state index contributed by atoms with van der Waals surface area (Å²) >= 11 is 0. The molecule has 0 spiro atoms. The van der Waals surface area contributed by atoms with Crippen molar-refractivity contribution in [2.75, 3.05) is 39.8 Å². The Morgan fingerprint density at radius 3 is 2.41 bits per heavy atom. The molecule has 2 atom stereocenters. The van der Waals surface area contributed by atoms with Crippen molar-refractivity contribution in [3.63, 3.8) is 0 Å². The molecule has 0 radical (unpaired) electrons. The van der Waals surface area contributed by atoms with Crippen LogP contribution in [-0.4, -0.2) is 84.1 Å². The third-order valence-electron chi connectivity index (χ3n) is 7.07. The Morgan fingerprint density at radius 2 is 1.76 bits per heavy atom. The second kappa shape index (κ2) is 12.6. The summed E-state index contributed by atoms with van der Waals surface area (Å²) in [5, 5.41) is 6.01. The number of nitrogens with one attached hydrogen (secondary N) is 2. The fourth-order valence-corrected chi connectivity index (χ4v) is 5.11. The van der Waals surface area contributed by atoms with E-state index >= 15 is 0 Å². The Morgan fingerprint density at radius 1 is 1.05 bits per heavy atom. The van der Waals surface area contributed by atoms with E-state index in [1.807, 2.05) is 87.2 Å². The molecule has 0 bridgehead atoms. The minimum Gasteiger partial charge on any atom is -0.463 e.